The van der Waals surface area contributed by atoms with Crippen molar-refractivity contribution in [3.8, 4) is 0 Å². The van der Waals surface area contributed by atoms with Gasteiger partial charge in [-0.1, -0.05) is 30.3 Å². The van der Waals surface area contributed by atoms with Crippen LogP contribution in [0.25, 0.3) is 0 Å². The minimum Gasteiger partial charge on any atom is -0.338 e. The van der Waals surface area contributed by atoms with Crippen LogP contribution < -0.4 is 10.6 Å². The second kappa shape index (κ2) is 6.16. The van der Waals surface area contributed by atoms with Gasteiger partial charge in [0.15, 0.2) is 0 Å². The lowest BCUT2D eigenvalue weighted by molar-refractivity contribution is -0.128. The van der Waals surface area contributed by atoms with E-state index in [1.165, 1.54) is 5.56 Å². The predicted octanol–water partition coefficient (Wildman–Crippen LogP) is 1.29. The van der Waals surface area contributed by atoms with E-state index in [1.807, 2.05) is 35.2 Å². The number of urea groups is 1. The molecule has 112 valence electrons. The molecule has 0 radical (unpaired) electrons. The van der Waals surface area contributed by atoms with E-state index in [2.05, 4.69) is 10.6 Å². The van der Waals surface area contributed by atoms with Gasteiger partial charge in [0.2, 0.25) is 5.91 Å². The van der Waals surface area contributed by atoms with E-state index in [-0.39, 0.29) is 18.0 Å². The minimum absolute atomic E-state index is 0.0465. The molecule has 5 heteroatoms. The van der Waals surface area contributed by atoms with Crippen molar-refractivity contribution in [3.63, 3.8) is 0 Å². The first-order valence-corrected chi connectivity index (χ1v) is 7.60. The molecule has 21 heavy (non-hydrogen) atoms. The van der Waals surface area contributed by atoms with Gasteiger partial charge in [0.25, 0.3) is 0 Å². The Morgan fingerprint density at radius 1 is 1.24 bits per heavy atom. The number of likely N-dealkylation sites (tertiary alicyclic amines) is 1. The largest absolute Gasteiger partial charge is 0.338 e. The number of hydrogen-bond donors (Lipinski definition) is 2. The van der Waals surface area contributed by atoms with Crippen LogP contribution in [0.4, 0.5) is 4.79 Å². The molecule has 1 saturated heterocycles. The fourth-order valence-corrected chi connectivity index (χ4v) is 2.77. The van der Waals surface area contributed by atoms with Crippen molar-refractivity contribution in [1.82, 2.24) is 15.5 Å². The van der Waals surface area contributed by atoms with Crippen LogP contribution in [0.1, 0.15) is 24.8 Å². The monoisotopic (exact) mass is 287 g/mol. The molecule has 3 rings (SSSR count). The van der Waals surface area contributed by atoms with Gasteiger partial charge in [-0.3, -0.25) is 4.79 Å². The van der Waals surface area contributed by atoms with Gasteiger partial charge in [0.1, 0.15) is 0 Å². The Kier molecular flexibility index (Phi) is 4.08. The van der Waals surface area contributed by atoms with Crippen molar-refractivity contribution < 1.29 is 9.59 Å². The molecule has 1 saturated carbocycles. The van der Waals surface area contributed by atoms with Crippen LogP contribution in [-0.2, 0) is 11.2 Å². The second-order valence-corrected chi connectivity index (χ2v) is 5.81. The maximum absolute atomic E-state index is 11.8. The zero-order chi connectivity index (χ0) is 14.7. The fraction of sp³-hybridized carbons (Fsp3) is 0.500. The predicted molar refractivity (Wildman–Crippen MR) is 79.8 cm³/mol. The molecule has 1 aliphatic heterocycles. The summed E-state index contributed by atoms with van der Waals surface area (Å²) in [5.41, 5.74) is 1.20. The van der Waals surface area contributed by atoms with Gasteiger partial charge in [0.05, 0.1) is 6.04 Å². The van der Waals surface area contributed by atoms with Crippen LogP contribution in [0.3, 0.4) is 0 Å². The molecule has 1 aliphatic carbocycles. The molecule has 5 nitrogen and oxygen atoms in total. The van der Waals surface area contributed by atoms with Crippen molar-refractivity contribution in [1.29, 1.82) is 0 Å². The number of rotatable bonds is 5. The summed E-state index contributed by atoms with van der Waals surface area (Å²) < 4.78 is 0. The molecule has 3 amide bonds. The van der Waals surface area contributed by atoms with Crippen molar-refractivity contribution in [2.45, 2.75) is 37.8 Å². The molecule has 0 bridgehead atoms. The summed E-state index contributed by atoms with van der Waals surface area (Å²) in [7, 11) is 0. The third-order valence-corrected chi connectivity index (χ3v) is 4.02. The number of hydrogen-bond acceptors (Lipinski definition) is 2. The number of carbonyl (C=O) groups excluding carboxylic acids is 2. The first-order chi connectivity index (χ1) is 10.2. The summed E-state index contributed by atoms with van der Waals surface area (Å²) in [4.78, 5) is 25.5. The Labute approximate surface area is 124 Å². The fourth-order valence-electron chi connectivity index (χ4n) is 2.77. The first kappa shape index (κ1) is 13.9. The highest BCUT2D eigenvalue weighted by Gasteiger charge is 2.39. The lowest BCUT2D eigenvalue weighted by atomic mass is 10.1. The Hall–Kier alpha value is -2.04. The van der Waals surface area contributed by atoms with Crippen LogP contribution >= 0.6 is 0 Å². The number of benzene rings is 1. The van der Waals surface area contributed by atoms with Crippen LogP contribution in [-0.4, -0.2) is 42.0 Å². The van der Waals surface area contributed by atoms with Gasteiger partial charge in [-0.2, -0.15) is 0 Å². The van der Waals surface area contributed by atoms with Crippen molar-refractivity contribution >= 4 is 11.9 Å². The van der Waals surface area contributed by atoms with E-state index < -0.39 is 0 Å². The molecule has 1 atom stereocenters. The van der Waals surface area contributed by atoms with Crippen LogP contribution in [0.15, 0.2) is 30.3 Å². The maximum atomic E-state index is 11.8. The van der Waals surface area contributed by atoms with E-state index in [0.717, 1.165) is 19.3 Å². The lowest BCUT2D eigenvalue weighted by Gasteiger charge is -2.16. The molecule has 1 heterocycles. The Balaban J connectivity index is 1.37. The minimum atomic E-state index is -0.179. The normalized spacial score (nSPS) is 21.4. The summed E-state index contributed by atoms with van der Waals surface area (Å²) in [6.07, 6.45) is 3.47. The third-order valence-electron chi connectivity index (χ3n) is 4.02. The number of nitrogens with one attached hydrogen (secondary N) is 2. The smallest absolute Gasteiger partial charge is 0.315 e. The highest BCUT2D eigenvalue weighted by molar-refractivity contribution is 5.82. The summed E-state index contributed by atoms with van der Waals surface area (Å²) in [5.74, 6) is 0.173. The zero-order valence-electron chi connectivity index (χ0n) is 12.0. The van der Waals surface area contributed by atoms with Gasteiger partial charge in [-0.25, -0.2) is 4.79 Å². The second-order valence-electron chi connectivity index (χ2n) is 5.81. The quantitative estimate of drug-likeness (QED) is 0.857. The highest BCUT2D eigenvalue weighted by atomic mass is 16.2. The summed E-state index contributed by atoms with van der Waals surface area (Å²) in [6.45, 7) is 1.26. The summed E-state index contributed by atoms with van der Waals surface area (Å²) in [5, 5.41) is 5.75. The highest BCUT2D eigenvalue weighted by Crippen LogP contribution is 2.30. The van der Waals surface area contributed by atoms with Crippen LogP contribution in [0.2, 0.25) is 0 Å². The van der Waals surface area contributed by atoms with E-state index in [1.54, 1.807) is 0 Å². The third kappa shape index (κ3) is 3.74. The average molecular weight is 287 g/mol. The lowest BCUT2D eigenvalue weighted by Crippen LogP contribution is -2.44. The molecule has 1 aromatic rings. The molecular weight excluding hydrogens is 266 g/mol. The van der Waals surface area contributed by atoms with E-state index >= 15 is 0 Å². The van der Waals surface area contributed by atoms with Gasteiger partial charge in [0, 0.05) is 25.6 Å². The molecule has 1 aromatic carbocycles. The van der Waals surface area contributed by atoms with E-state index in [0.29, 0.717) is 25.6 Å². The van der Waals surface area contributed by atoms with Crippen LogP contribution in [0.5, 0.6) is 0 Å². The van der Waals surface area contributed by atoms with Crippen molar-refractivity contribution in [2.75, 3.05) is 13.1 Å². The number of carbonyl (C=O) groups is 2. The molecule has 0 aromatic heterocycles. The van der Waals surface area contributed by atoms with Crippen molar-refractivity contribution in [2.24, 2.45) is 0 Å². The molecule has 0 unspecified atom stereocenters. The van der Waals surface area contributed by atoms with Gasteiger partial charge >= 0.3 is 6.03 Å². The molecule has 2 N–H and O–H groups in total. The zero-order valence-corrected chi connectivity index (χ0v) is 12.0. The summed E-state index contributed by atoms with van der Waals surface area (Å²) >= 11 is 0. The maximum Gasteiger partial charge on any atom is 0.315 e. The topological polar surface area (TPSA) is 61.4 Å². The molecule has 2 fully saturated rings. The average Bonchev–Trinajstić information content (AvgIpc) is 3.24. The van der Waals surface area contributed by atoms with Crippen LogP contribution in [0, 0.1) is 0 Å². The van der Waals surface area contributed by atoms with E-state index in [4.69, 9.17) is 0 Å². The summed E-state index contributed by atoms with van der Waals surface area (Å²) in [6, 6.07) is 10.3. The standard InChI is InChI=1S/C16H21N3O2/c20-15-10-13(11-19(15)14-6-7-14)18-16(21)17-9-8-12-4-2-1-3-5-12/h1-5,13-14H,6-11H2,(H2,17,18,21)/t13-/m0/s1. The first-order valence-electron chi connectivity index (χ1n) is 7.60. The van der Waals surface area contributed by atoms with E-state index in [9.17, 15) is 9.59 Å². The number of nitrogens with zero attached hydrogens (tertiary/aromatic N) is 1. The molecular formula is C16H21N3O2. The Bertz CT molecular complexity index is 514. The SMILES string of the molecule is O=C(NCCc1ccccc1)N[C@H]1CC(=O)N(C2CC2)C1. The van der Waals surface area contributed by atoms with Gasteiger partial charge < -0.3 is 15.5 Å². The molecule has 0 spiro atoms. The number of amides is 3. The Morgan fingerprint density at radius 3 is 2.71 bits per heavy atom. The van der Waals surface area contributed by atoms with Gasteiger partial charge in [-0.05, 0) is 24.8 Å². The van der Waals surface area contributed by atoms with Crippen molar-refractivity contribution in [3.05, 3.63) is 35.9 Å². The molecule has 2 aliphatic rings. The Morgan fingerprint density at radius 2 is 2.00 bits per heavy atom. The van der Waals surface area contributed by atoms with Gasteiger partial charge in [-0.15, -0.1) is 0 Å².